The summed E-state index contributed by atoms with van der Waals surface area (Å²) in [6.07, 6.45) is 5.50. The Morgan fingerprint density at radius 1 is 1.50 bits per heavy atom. The summed E-state index contributed by atoms with van der Waals surface area (Å²) in [6.45, 7) is 1.52. The number of carbonyl (C=O) groups is 1. The Morgan fingerprint density at radius 3 is 3.10 bits per heavy atom. The van der Waals surface area contributed by atoms with Gasteiger partial charge in [0.05, 0.1) is 5.57 Å². The molecule has 6 heteroatoms. The molecular formula is C14H19N5O. The quantitative estimate of drug-likeness (QED) is 0.532. The van der Waals surface area contributed by atoms with E-state index in [0.29, 0.717) is 13.0 Å². The van der Waals surface area contributed by atoms with E-state index in [4.69, 9.17) is 11.5 Å². The molecule has 0 atom stereocenters. The van der Waals surface area contributed by atoms with Crippen LogP contribution in [0.15, 0.2) is 28.9 Å². The first kappa shape index (κ1) is 14.0. The number of aromatic nitrogens is 1. The van der Waals surface area contributed by atoms with Gasteiger partial charge in [0.15, 0.2) is 0 Å². The maximum Gasteiger partial charge on any atom is 0.251 e. The van der Waals surface area contributed by atoms with Gasteiger partial charge >= 0.3 is 0 Å². The fraction of sp³-hybridized carbons (Fsp3) is 0.357. The summed E-state index contributed by atoms with van der Waals surface area (Å²) < 4.78 is 0. The summed E-state index contributed by atoms with van der Waals surface area (Å²) >= 11 is 0. The summed E-state index contributed by atoms with van der Waals surface area (Å²) in [7, 11) is 0. The average Bonchev–Trinajstić information content (AvgIpc) is 2.46. The van der Waals surface area contributed by atoms with Gasteiger partial charge in [0, 0.05) is 37.6 Å². The molecule has 1 aromatic rings. The van der Waals surface area contributed by atoms with Crippen LogP contribution in [0, 0.1) is 0 Å². The lowest BCUT2D eigenvalue weighted by molar-refractivity contribution is -0.114. The molecular weight excluding hydrogens is 254 g/mol. The van der Waals surface area contributed by atoms with Crippen LogP contribution >= 0.6 is 0 Å². The van der Waals surface area contributed by atoms with Gasteiger partial charge in [-0.1, -0.05) is 6.07 Å². The van der Waals surface area contributed by atoms with Crippen LogP contribution in [0.25, 0.3) is 0 Å². The molecule has 5 N–H and O–H groups in total. The Morgan fingerprint density at radius 2 is 2.35 bits per heavy atom. The Kier molecular flexibility index (Phi) is 4.70. The molecule has 0 aromatic carbocycles. The third-order valence-electron chi connectivity index (χ3n) is 3.14. The van der Waals surface area contributed by atoms with E-state index in [9.17, 15) is 4.79 Å². The van der Waals surface area contributed by atoms with Crippen molar-refractivity contribution >= 4 is 17.9 Å². The summed E-state index contributed by atoms with van der Waals surface area (Å²) in [5, 5.41) is 3.30. The molecule has 0 spiro atoms. The number of pyridine rings is 1. The zero-order valence-electron chi connectivity index (χ0n) is 11.3. The average molecular weight is 273 g/mol. The minimum absolute atomic E-state index is 0.213. The Balaban J connectivity index is 1.91. The molecule has 2 heterocycles. The number of fused-ring (bicyclic) bond motifs is 1. The summed E-state index contributed by atoms with van der Waals surface area (Å²) in [5.74, 6) is 0.407. The van der Waals surface area contributed by atoms with E-state index >= 15 is 0 Å². The summed E-state index contributed by atoms with van der Waals surface area (Å²) in [4.78, 5) is 19.6. The van der Waals surface area contributed by atoms with Crippen LogP contribution in [0.5, 0.6) is 0 Å². The monoisotopic (exact) mass is 273 g/mol. The van der Waals surface area contributed by atoms with Crippen LogP contribution in [0.1, 0.15) is 17.7 Å². The Hall–Kier alpha value is -2.37. The first-order chi connectivity index (χ1) is 9.70. The van der Waals surface area contributed by atoms with Gasteiger partial charge < -0.3 is 16.8 Å². The molecule has 1 aliphatic rings. The zero-order chi connectivity index (χ0) is 14.4. The Labute approximate surface area is 118 Å². The van der Waals surface area contributed by atoms with E-state index < -0.39 is 5.91 Å². The number of amides is 1. The van der Waals surface area contributed by atoms with Crippen molar-refractivity contribution in [3.05, 3.63) is 35.2 Å². The van der Waals surface area contributed by atoms with Crippen LogP contribution in [0.2, 0.25) is 0 Å². The molecule has 0 bridgehead atoms. The summed E-state index contributed by atoms with van der Waals surface area (Å²) in [6, 6.07) is 4.14. The minimum Gasteiger partial charge on any atom is -0.404 e. The lowest BCUT2D eigenvalue weighted by Crippen LogP contribution is -2.16. The molecule has 0 unspecified atom stereocenters. The lowest BCUT2D eigenvalue weighted by atomic mass is 10.1. The lowest BCUT2D eigenvalue weighted by Gasteiger charge is -2.17. The molecule has 0 saturated heterocycles. The number of primary amides is 1. The number of hydrogen-bond donors (Lipinski definition) is 3. The van der Waals surface area contributed by atoms with Gasteiger partial charge in [0.25, 0.3) is 5.91 Å². The topological polar surface area (TPSA) is 106 Å². The zero-order valence-corrected chi connectivity index (χ0v) is 11.3. The van der Waals surface area contributed by atoms with Crippen molar-refractivity contribution in [2.75, 3.05) is 18.4 Å². The molecule has 106 valence electrons. The van der Waals surface area contributed by atoms with E-state index in [1.54, 1.807) is 0 Å². The van der Waals surface area contributed by atoms with Crippen LogP contribution in [-0.4, -0.2) is 30.2 Å². The van der Waals surface area contributed by atoms with E-state index in [0.717, 1.165) is 37.1 Å². The van der Waals surface area contributed by atoms with Crippen molar-refractivity contribution in [2.45, 2.75) is 19.3 Å². The molecule has 20 heavy (non-hydrogen) atoms. The minimum atomic E-state index is -0.577. The van der Waals surface area contributed by atoms with E-state index in [-0.39, 0.29) is 5.57 Å². The fourth-order valence-corrected chi connectivity index (χ4v) is 2.04. The first-order valence-corrected chi connectivity index (χ1v) is 6.65. The molecule has 0 radical (unpaired) electrons. The molecule has 0 aliphatic carbocycles. The predicted molar refractivity (Wildman–Crippen MR) is 79.6 cm³/mol. The highest BCUT2D eigenvalue weighted by Gasteiger charge is 2.09. The maximum atomic E-state index is 10.9. The van der Waals surface area contributed by atoms with Gasteiger partial charge in [-0.05, 0) is 24.5 Å². The van der Waals surface area contributed by atoms with E-state index in [2.05, 4.69) is 21.4 Å². The van der Waals surface area contributed by atoms with Crippen LogP contribution < -0.4 is 16.8 Å². The van der Waals surface area contributed by atoms with Crippen molar-refractivity contribution in [1.82, 2.24) is 4.98 Å². The fourth-order valence-electron chi connectivity index (χ4n) is 2.04. The number of aliphatic imine (C=N–C) groups is 1. The van der Waals surface area contributed by atoms with E-state index in [1.165, 1.54) is 11.8 Å². The number of rotatable bonds is 5. The molecule has 0 saturated carbocycles. The van der Waals surface area contributed by atoms with Gasteiger partial charge in [-0.2, -0.15) is 0 Å². The number of carbonyl (C=O) groups excluding carboxylic acids is 1. The Bertz CT molecular complexity index is 550. The van der Waals surface area contributed by atoms with Gasteiger partial charge in [-0.25, -0.2) is 4.98 Å². The third kappa shape index (κ3) is 3.57. The maximum absolute atomic E-state index is 10.9. The molecule has 1 aromatic heterocycles. The van der Waals surface area contributed by atoms with Crippen LogP contribution in [0.3, 0.4) is 0 Å². The molecule has 0 fully saturated rings. The second kappa shape index (κ2) is 6.70. The molecule has 1 amide bonds. The number of hydrogen-bond acceptors (Lipinski definition) is 5. The highest BCUT2D eigenvalue weighted by atomic mass is 16.1. The van der Waals surface area contributed by atoms with Crippen molar-refractivity contribution < 1.29 is 4.79 Å². The smallest absolute Gasteiger partial charge is 0.251 e. The third-order valence-corrected chi connectivity index (χ3v) is 3.14. The highest BCUT2D eigenvalue weighted by molar-refractivity contribution is 6.11. The normalized spacial score (nSPS) is 14.9. The van der Waals surface area contributed by atoms with Crippen molar-refractivity contribution in [1.29, 1.82) is 0 Å². The molecule has 2 rings (SSSR count). The summed E-state index contributed by atoms with van der Waals surface area (Å²) in [5.41, 5.74) is 12.8. The van der Waals surface area contributed by atoms with Crippen molar-refractivity contribution in [3.63, 3.8) is 0 Å². The van der Waals surface area contributed by atoms with Crippen LogP contribution in [-0.2, 0) is 17.6 Å². The SMILES string of the molecule is NC=C(C=NCCc1ccc2c(n1)NCCC2)C(N)=O. The van der Waals surface area contributed by atoms with E-state index in [1.807, 2.05) is 6.07 Å². The van der Waals surface area contributed by atoms with Crippen LogP contribution in [0.4, 0.5) is 5.82 Å². The second-order valence-electron chi connectivity index (χ2n) is 4.61. The van der Waals surface area contributed by atoms with Crippen molar-refractivity contribution in [3.8, 4) is 0 Å². The largest absolute Gasteiger partial charge is 0.404 e. The number of nitrogens with one attached hydrogen (secondary N) is 1. The molecule has 6 nitrogen and oxygen atoms in total. The van der Waals surface area contributed by atoms with Gasteiger partial charge in [-0.15, -0.1) is 0 Å². The second-order valence-corrected chi connectivity index (χ2v) is 4.61. The predicted octanol–water partition coefficient (Wildman–Crippen LogP) is 0.381. The number of anilines is 1. The highest BCUT2D eigenvalue weighted by Crippen LogP contribution is 2.19. The number of nitrogens with two attached hydrogens (primary N) is 2. The first-order valence-electron chi connectivity index (χ1n) is 6.65. The van der Waals surface area contributed by atoms with Gasteiger partial charge in [-0.3, -0.25) is 9.79 Å². The molecule has 1 aliphatic heterocycles. The standard InChI is InChI=1S/C14H19N5O/c15-8-11(13(16)20)9-17-7-5-12-4-3-10-2-1-6-18-14(10)19-12/h3-4,8-9H,1-2,5-7,15H2,(H2,16,20)(H,18,19). The van der Waals surface area contributed by atoms with Crippen molar-refractivity contribution in [2.24, 2.45) is 16.5 Å². The van der Waals surface area contributed by atoms with Gasteiger partial charge in [0.1, 0.15) is 5.82 Å². The number of nitrogens with zero attached hydrogens (tertiary/aromatic N) is 2. The van der Waals surface area contributed by atoms with Gasteiger partial charge in [0.2, 0.25) is 0 Å². The number of aryl methyl sites for hydroxylation is 1.